The van der Waals surface area contributed by atoms with E-state index < -0.39 is 0 Å². The van der Waals surface area contributed by atoms with Crippen LogP contribution in [0, 0.1) is 6.92 Å². The fourth-order valence-corrected chi connectivity index (χ4v) is 1.45. The lowest BCUT2D eigenvalue weighted by Gasteiger charge is -2.01. The fourth-order valence-electron chi connectivity index (χ4n) is 0.673. The largest absolute Gasteiger partial charge is 0.341 e. The van der Waals surface area contributed by atoms with Gasteiger partial charge in [-0.2, -0.15) is 0 Å². The molecule has 60 valence electrons. The Kier molecular flexibility index (Phi) is 2.48. The number of aryl methyl sites for hydroxylation is 1. The molecule has 2 N–H and O–H groups in total. The van der Waals surface area contributed by atoms with Crippen molar-refractivity contribution in [3.63, 3.8) is 0 Å². The highest BCUT2D eigenvalue weighted by Gasteiger charge is 2.01. The second kappa shape index (κ2) is 3.39. The minimum absolute atomic E-state index is 0.175. The van der Waals surface area contributed by atoms with Crippen molar-refractivity contribution in [3.8, 4) is 0 Å². The molecule has 4 heteroatoms. The number of hydrogen-bond donors (Lipinski definition) is 2. The van der Waals surface area contributed by atoms with Crippen LogP contribution in [0.1, 0.15) is 5.56 Å². The number of urea groups is 1. The van der Waals surface area contributed by atoms with Crippen LogP contribution in [-0.2, 0) is 0 Å². The Morgan fingerprint density at radius 1 is 1.55 bits per heavy atom. The Hall–Kier alpha value is -1.03. The number of carbonyl (C=O) groups is 1. The normalized spacial score (nSPS) is 9.27. The molecule has 0 aromatic carbocycles. The second-order valence-corrected chi connectivity index (χ2v) is 2.92. The molecule has 0 bridgehead atoms. The molecule has 0 spiro atoms. The lowest BCUT2D eigenvalue weighted by Crippen LogP contribution is -2.24. The Labute approximate surface area is 69.4 Å². The van der Waals surface area contributed by atoms with Crippen molar-refractivity contribution in [2.24, 2.45) is 0 Å². The average molecular weight is 170 g/mol. The predicted octanol–water partition coefficient (Wildman–Crippen LogP) is 1.81. The van der Waals surface area contributed by atoms with E-state index in [1.165, 1.54) is 0 Å². The standard InChI is InChI=1S/C7H10N2OS/c1-5-3-11-4-6(5)9-7(10)8-2/h3-4H,1-2H3,(H2,8,9,10). The van der Waals surface area contributed by atoms with Crippen LogP contribution in [-0.4, -0.2) is 13.1 Å². The summed E-state index contributed by atoms with van der Waals surface area (Å²) in [6.07, 6.45) is 0. The Balaban J connectivity index is 2.64. The van der Waals surface area contributed by atoms with Crippen LogP contribution in [0.5, 0.6) is 0 Å². The van der Waals surface area contributed by atoms with Gasteiger partial charge in [0.2, 0.25) is 0 Å². The van der Waals surface area contributed by atoms with E-state index in [1.807, 2.05) is 17.7 Å². The van der Waals surface area contributed by atoms with E-state index in [1.54, 1.807) is 18.4 Å². The summed E-state index contributed by atoms with van der Waals surface area (Å²) in [6, 6.07) is -0.175. The summed E-state index contributed by atoms with van der Waals surface area (Å²) in [5.74, 6) is 0. The molecule has 0 saturated heterocycles. The number of rotatable bonds is 1. The Morgan fingerprint density at radius 3 is 2.73 bits per heavy atom. The van der Waals surface area contributed by atoms with Gasteiger partial charge in [0.15, 0.2) is 0 Å². The van der Waals surface area contributed by atoms with E-state index in [4.69, 9.17) is 0 Å². The van der Waals surface area contributed by atoms with Crippen molar-refractivity contribution < 1.29 is 4.79 Å². The first-order valence-corrected chi connectivity index (χ1v) is 4.20. The van der Waals surface area contributed by atoms with Crippen LogP contribution in [0.2, 0.25) is 0 Å². The van der Waals surface area contributed by atoms with E-state index in [2.05, 4.69) is 10.6 Å². The number of nitrogens with one attached hydrogen (secondary N) is 2. The quantitative estimate of drug-likeness (QED) is 0.663. The monoisotopic (exact) mass is 170 g/mol. The van der Waals surface area contributed by atoms with E-state index in [9.17, 15) is 4.79 Å². The van der Waals surface area contributed by atoms with Crippen LogP contribution in [0.4, 0.5) is 10.5 Å². The summed E-state index contributed by atoms with van der Waals surface area (Å²) in [4.78, 5) is 10.8. The third-order valence-electron chi connectivity index (χ3n) is 1.33. The molecule has 11 heavy (non-hydrogen) atoms. The van der Waals surface area contributed by atoms with Gasteiger partial charge in [0.1, 0.15) is 0 Å². The SMILES string of the molecule is CNC(=O)Nc1cscc1C. The van der Waals surface area contributed by atoms with Crippen LogP contribution in [0.3, 0.4) is 0 Å². The first kappa shape index (κ1) is 8.07. The van der Waals surface area contributed by atoms with Crippen molar-refractivity contribution in [1.29, 1.82) is 0 Å². The zero-order valence-electron chi connectivity index (χ0n) is 6.47. The number of thiophene rings is 1. The minimum atomic E-state index is -0.175. The van der Waals surface area contributed by atoms with Gasteiger partial charge in [0.05, 0.1) is 5.69 Å². The average Bonchev–Trinajstić information content (AvgIpc) is 2.37. The van der Waals surface area contributed by atoms with Gasteiger partial charge >= 0.3 is 6.03 Å². The first-order valence-electron chi connectivity index (χ1n) is 3.25. The number of hydrogen-bond acceptors (Lipinski definition) is 2. The second-order valence-electron chi connectivity index (χ2n) is 2.17. The highest BCUT2D eigenvalue weighted by Crippen LogP contribution is 2.18. The lowest BCUT2D eigenvalue weighted by atomic mass is 10.3. The molecule has 0 aliphatic carbocycles. The van der Waals surface area contributed by atoms with Crippen molar-refractivity contribution in [3.05, 3.63) is 16.3 Å². The predicted molar refractivity (Wildman–Crippen MR) is 47.1 cm³/mol. The van der Waals surface area contributed by atoms with Gasteiger partial charge in [-0.1, -0.05) is 0 Å². The van der Waals surface area contributed by atoms with Crippen molar-refractivity contribution in [2.45, 2.75) is 6.92 Å². The van der Waals surface area contributed by atoms with Crippen LogP contribution in [0.15, 0.2) is 10.8 Å². The maximum atomic E-state index is 10.8. The zero-order valence-corrected chi connectivity index (χ0v) is 7.29. The topological polar surface area (TPSA) is 41.1 Å². The lowest BCUT2D eigenvalue weighted by molar-refractivity contribution is 0.254. The third-order valence-corrected chi connectivity index (χ3v) is 2.19. The molecule has 0 aliphatic heterocycles. The molecule has 0 fully saturated rings. The van der Waals surface area contributed by atoms with E-state index in [0.717, 1.165) is 11.3 Å². The minimum Gasteiger partial charge on any atom is -0.341 e. The molecule has 0 unspecified atom stereocenters. The molecule has 3 nitrogen and oxygen atoms in total. The number of carbonyl (C=O) groups excluding carboxylic acids is 1. The molecule has 1 rings (SSSR count). The van der Waals surface area contributed by atoms with Gasteiger partial charge in [-0.3, -0.25) is 0 Å². The molecule has 1 aromatic heterocycles. The van der Waals surface area contributed by atoms with Crippen LogP contribution in [0.25, 0.3) is 0 Å². The summed E-state index contributed by atoms with van der Waals surface area (Å²) >= 11 is 1.58. The van der Waals surface area contributed by atoms with E-state index in [-0.39, 0.29) is 6.03 Å². The van der Waals surface area contributed by atoms with E-state index in [0.29, 0.717) is 0 Å². The molecular formula is C7H10N2OS. The van der Waals surface area contributed by atoms with Crippen molar-refractivity contribution in [1.82, 2.24) is 5.32 Å². The van der Waals surface area contributed by atoms with Gasteiger partial charge in [-0.05, 0) is 17.9 Å². The molecule has 0 atom stereocenters. The third kappa shape index (κ3) is 1.94. The van der Waals surface area contributed by atoms with Gasteiger partial charge < -0.3 is 10.6 Å². The van der Waals surface area contributed by atoms with Gasteiger partial charge in [0, 0.05) is 12.4 Å². The maximum absolute atomic E-state index is 10.8. The number of amides is 2. The zero-order chi connectivity index (χ0) is 8.27. The molecule has 0 radical (unpaired) electrons. The molecule has 0 saturated carbocycles. The smallest absolute Gasteiger partial charge is 0.319 e. The van der Waals surface area contributed by atoms with Gasteiger partial charge in [-0.15, -0.1) is 11.3 Å². The highest BCUT2D eigenvalue weighted by molar-refractivity contribution is 7.08. The fraction of sp³-hybridized carbons (Fsp3) is 0.286. The molecule has 1 aromatic rings. The number of anilines is 1. The summed E-state index contributed by atoms with van der Waals surface area (Å²) in [5, 5.41) is 9.08. The first-order chi connectivity index (χ1) is 5.24. The molecule has 0 aliphatic rings. The summed E-state index contributed by atoms with van der Waals surface area (Å²) in [7, 11) is 1.59. The molecule has 1 heterocycles. The van der Waals surface area contributed by atoms with Crippen molar-refractivity contribution in [2.75, 3.05) is 12.4 Å². The van der Waals surface area contributed by atoms with Crippen LogP contribution < -0.4 is 10.6 Å². The summed E-state index contributed by atoms with van der Waals surface area (Å²) < 4.78 is 0. The van der Waals surface area contributed by atoms with E-state index >= 15 is 0 Å². The Bertz CT molecular complexity index is 257. The maximum Gasteiger partial charge on any atom is 0.319 e. The summed E-state index contributed by atoms with van der Waals surface area (Å²) in [6.45, 7) is 1.96. The Morgan fingerprint density at radius 2 is 2.27 bits per heavy atom. The van der Waals surface area contributed by atoms with Crippen molar-refractivity contribution >= 4 is 23.1 Å². The summed E-state index contributed by atoms with van der Waals surface area (Å²) in [5.41, 5.74) is 1.98. The molecular weight excluding hydrogens is 160 g/mol. The van der Waals surface area contributed by atoms with Gasteiger partial charge in [-0.25, -0.2) is 4.79 Å². The van der Waals surface area contributed by atoms with Crippen LogP contribution >= 0.6 is 11.3 Å². The van der Waals surface area contributed by atoms with Gasteiger partial charge in [0.25, 0.3) is 0 Å². The highest BCUT2D eigenvalue weighted by atomic mass is 32.1. The molecule has 2 amide bonds.